The van der Waals surface area contributed by atoms with Crippen molar-refractivity contribution < 1.29 is 22.9 Å². The van der Waals surface area contributed by atoms with Gasteiger partial charge in [-0.3, -0.25) is 14.9 Å². The summed E-state index contributed by atoms with van der Waals surface area (Å²) in [5.74, 6) is -1.02. The van der Waals surface area contributed by atoms with Crippen molar-refractivity contribution in [1.82, 2.24) is 19.7 Å². The van der Waals surface area contributed by atoms with Crippen LogP contribution in [0.2, 0.25) is 0 Å². The van der Waals surface area contributed by atoms with E-state index in [1.54, 1.807) is 7.05 Å². The van der Waals surface area contributed by atoms with Crippen LogP contribution >= 0.6 is 11.8 Å². The van der Waals surface area contributed by atoms with Crippen LogP contribution in [0.15, 0.2) is 58.8 Å². The van der Waals surface area contributed by atoms with Gasteiger partial charge in [0.15, 0.2) is 5.16 Å². The summed E-state index contributed by atoms with van der Waals surface area (Å²) in [7, 11) is 1.64. The highest BCUT2D eigenvalue weighted by molar-refractivity contribution is 7.99. The van der Waals surface area contributed by atoms with Gasteiger partial charge in [0.05, 0.1) is 21.5 Å². The van der Waals surface area contributed by atoms with E-state index in [2.05, 4.69) is 10.2 Å². The molecule has 0 unspecified atom stereocenters. The molecule has 0 spiro atoms. The van der Waals surface area contributed by atoms with Gasteiger partial charge in [-0.05, 0) is 41.6 Å². The van der Waals surface area contributed by atoms with Gasteiger partial charge in [-0.1, -0.05) is 12.1 Å². The molecule has 0 N–H and O–H groups in total. The van der Waals surface area contributed by atoms with Crippen LogP contribution in [0.1, 0.15) is 21.5 Å². The molecule has 170 valence electrons. The molecule has 0 bridgehead atoms. The lowest BCUT2D eigenvalue weighted by molar-refractivity contribution is -0.387. The first-order chi connectivity index (χ1) is 15.6. The molecule has 1 aromatic heterocycles. The summed E-state index contributed by atoms with van der Waals surface area (Å²) in [6.45, 7) is -1.94. The van der Waals surface area contributed by atoms with Gasteiger partial charge in [0.25, 0.3) is 11.6 Å². The molecule has 0 radical (unpaired) electrons. The Hall–Kier alpha value is -3.92. The largest absolute Gasteiger partial charge is 0.406 e. The molecule has 2 aromatic carbocycles. The van der Waals surface area contributed by atoms with Crippen molar-refractivity contribution in [2.24, 2.45) is 7.05 Å². The normalized spacial score (nSPS) is 11.1. The monoisotopic (exact) mass is 476 g/mol. The number of carbonyl (C=O) groups excluding carboxylic acids is 1. The van der Waals surface area contributed by atoms with Crippen molar-refractivity contribution in [3.63, 3.8) is 0 Å². The summed E-state index contributed by atoms with van der Waals surface area (Å²) in [4.78, 5) is 24.5. The topological polar surface area (TPSA) is 118 Å². The summed E-state index contributed by atoms with van der Waals surface area (Å²) in [5, 5.41) is 28.3. The zero-order chi connectivity index (χ0) is 24.2. The lowest BCUT2D eigenvalue weighted by Crippen LogP contribution is -2.38. The van der Waals surface area contributed by atoms with Crippen molar-refractivity contribution in [3.05, 3.63) is 75.6 Å². The molecule has 1 heterocycles. The predicted molar refractivity (Wildman–Crippen MR) is 110 cm³/mol. The van der Waals surface area contributed by atoms with Gasteiger partial charge in [0.1, 0.15) is 12.9 Å². The molecule has 0 atom stereocenters. The maximum Gasteiger partial charge on any atom is 0.406 e. The molecule has 1 amide bonds. The van der Waals surface area contributed by atoms with E-state index in [4.69, 9.17) is 5.26 Å². The van der Waals surface area contributed by atoms with Gasteiger partial charge in [0, 0.05) is 25.2 Å². The number of aryl methyl sites for hydroxylation is 1. The van der Waals surface area contributed by atoms with Gasteiger partial charge >= 0.3 is 6.18 Å². The second kappa shape index (κ2) is 9.70. The molecule has 33 heavy (non-hydrogen) atoms. The number of nitriles is 1. The number of nitro groups is 1. The van der Waals surface area contributed by atoms with Gasteiger partial charge in [-0.15, -0.1) is 10.2 Å². The molecular formula is C20H15F3N6O3S. The third-order valence-corrected chi connectivity index (χ3v) is 5.50. The zero-order valence-electron chi connectivity index (χ0n) is 17.0. The Morgan fingerprint density at radius 2 is 1.97 bits per heavy atom. The average molecular weight is 476 g/mol. The van der Waals surface area contributed by atoms with Crippen LogP contribution in [0.25, 0.3) is 0 Å². The van der Waals surface area contributed by atoms with Gasteiger partial charge in [0.2, 0.25) is 0 Å². The van der Waals surface area contributed by atoms with Crippen LogP contribution in [0.3, 0.4) is 0 Å². The van der Waals surface area contributed by atoms with Crippen LogP contribution in [0, 0.1) is 21.4 Å². The quantitative estimate of drug-likeness (QED) is 0.374. The number of halogens is 3. The molecule has 0 saturated carbocycles. The highest BCUT2D eigenvalue weighted by Crippen LogP contribution is 2.34. The molecule has 0 fully saturated rings. The van der Waals surface area contributed by atoms with Crippen molar-refractivity contribution >= 4 is 23.4 Å². The maximum absolute atomic E-state index is 13.2. The zero-order valence-corrected chi connectivity index (χ0v) is 17.8. The first kappa shape index (κ1) is 23.7. The first-order valence-electron chi connectivity index (χ1n) is 9.23. The highest BCUT2D eigenvalue weighted by Gasteiger charge is 2.34. The van der Waals surface area contributed by atoms with Crippen LogP contribution < -0.4 is 0 Å². The second-order valence-corrected chi connectivity index (χ2v) is 7.86. The lowest BCUT2D eigenvalue weighted by atomic mass is 10.1. The minimum Gasteiger partial charge on any atom is -0.325 e. The van der Waals surface area contributed by atoms with Crippen molar-refractivity contribution in [2.45, 2.75) is 22.8 Å². The number of nitro benzene ring substituents is 1. The molecule has 9 nitrogen and oxygen atoms in total. The van der Waals surface area contributed by atoms with Crippen LogP contribution in [0.4, 0.5) is 18.9 Å². The van der Waals surface area contributed by atoms with Crippen LogP contribution in [-0.4, -0.2) is 43.2 Å². The molecular weight excluding hydrogens is 461 g/mol. The Morgan fingerprint density at radius 1 is 1.27 bits per heavy atom. The highest BCUT2D eigenvalue weighted by atomic mass is 32.2. The number of nitrogens with zero attached hydrogens (tertiary/aromatic N) is 6. The lowest BCUT2D eigenvalue weighted by Gasteiger charge is -2.24. The van der Waals surface area contributed by atoms with Crippen molar-refractivity contribution in [3.8, 4) is 6.07 Å². The Kier molecular flexibility index (Phi) is 6.98. The Morgan fingerprint density at radius 3 is 2.52 bits per heavy atom. The van der Waals surface area contributed by atoms with Crippen LogP contribution in [-0.2, 0) is 13.6 Å². The van der Waals surface area contributed by atoms with Crippen molar-refractivity contribution in [1.29, 1.82) is 5.26 Å². The fourth-order valence-corrected chi connectivity index (χ4v) is 3.70. The first-order valence-corrected chi connectivity index (χ1v) is 10.0. The van der Waals surface area contributed by atoms with E-state index in [0.29, 0.717) is 21.2 Å². The minimum absolute atomic E-state index is 0.155. The number of hydrogen-bond donors (Lipinski definition) is 0. The summed E-state index contributed by atoms with van der Waals surface area (Å²) in [6, 6.07) is 11.1. The summed E-state index contributed by atoms with van der Waals surface area (Å²) in [5.41, 5.74) is -0.0178. The third kappa shape index (κ3) is 6.07. The number of aromatic nitrogens is 3. The number of rotatable bonds is 7. The molecule has 0 aliphatic carbocycles. The fraction of sp³-hybridized carbons (Fsp3) is 0.200. The average Bonchev–Trinajstić information content (AvgIpc) is 3.17. The van der Waals surface area contributed by atoms with E-state index < -0.39 is 35.8 Å². The molecule has 0 aliphatic heterocycles. The predicted octanol–water partition coefficient (Wildman–Crippen LogP) is 3.95. The Labute approximate surface area is 189 Å². The molecule has 0 saturated heterocycles. The van der Waals surface area contributed by atoms with E-state index >= 15 is 0 Å². The minimum atomic E-state index is -4.69. The molecule has 13 heteroatoms. The van der Waals surface area contributed by atoms with E-state index in [-0.39, 0.29) is 10.5 Å². The fourth-order valence-electron chi connectivity index (χ4n) is 2.85. The summed E-state index contributed by atoms with van der Waals surface area (Å²) >= 11 is 0.937. The van der Waals surface area contributed by atoms with E-state index in [1.165, 1.54) is 47.3 Å². The third-order valence-electron chi connectivity index (χ3n) is 4.39. The number of alkyl halides is 3. The summed E-state index contributed by atoms with van der Waals surface area (Å²) < 4.78 is 41.0. The molecule has 0 aliphatic rings. The number of benzene rings is 2. The number of carbonyl (C=O) groups is 1. The Bertz CT molecular complexity index is 1220. The van der Waals surface area contributed by atoms with Gasteiger partial charge < -0.3 is 9.47 Å². The van der Waals surface area contributed by atoms with Crippen LogP contribution in [0.5, 0.6) is 0 Å². The second-order valence-electron chi connectivity index (χ2n) is 6.85. The van der Waals surface area contributed by atoms with Gasteiger partial charge in [-0.2, -0.15) is 18.4 Å². The maximum atomic E-state index is 13.2. The Balaban J connectivity index is 1.92. The standard InChI is InChI=1S/C20H15F3N6O3S/c1-27-12-25-26-19(27)33-17-7-6-15(8-16(17)29(31)32)18(30)28(11-20(21,22)23)10-14-4-2-13(9-24)3-5-14/h2-8,12H,10-11H2,1H3. The van der Waals surface area contributed by atoms with E-state index in [0.717, 1.165) is 17.8 Å². The molecule has 3 rings (SSSR count). The molecule has 3 aromatic rings. The number of hydrogen-bond acceptors (Lipinski definition) is 7. The van der Waals surface area contributed by atoms with E-state index in [9.17, 15) is 28.1 Å². The smallest absolute Gasteiger partial charge is 0.325 e. The SMILES string of the molecule is Cn1cnnc1Sc1ccc(C(=O)N(Cc2ccc(C#N)cc2)CC(F)(F)F)cc1[N+](=O)[O-]. The van der Waals surface area contributed by atoms with Gasteiger partial charge in [-0.25, -0.2) is 0 Å². The van der Waals surface area contributed by atoms with Crippen molar-refractivity contribution in [2.75, 3.05) is 6.54 Å². The number of amides is 1. The van der Waals surface area contributed by atoms with E-state index in [1.807, 2.05) is 6.07 Å². The summed E-state index contributed by atoms with van der Waals surface area (Å²) in [6.07, 6.45) is -3.28.